The predicted octanol–water partition coefficient (Wildman–Crippen LogP) is 3.48. The average molecular weight is 341 g/mol. The molecule has 1 amide bonds. The van der Waals surface area contributed by atoms with Crippen LogP contribution in [0.15, 0.2) is 48.5 Å². The van der Waals surface area contributed by atoms with Crippen molar-refractivity contribution in [2.24, 2.45) is 0 Å². The highest BCUT2D eigenvalue weighted by Crippen LogP contribution is 2.28. The summed E-state index contributed by atoms with van der Waals surface area (Å²) in [5, 5.41) is 5.03. The van der Waals surface area contributed by atoms with E-state index in [4.69, 9.17) is 4.74 Å². The van der Waals surface area contributed by atoms with Gasteiger partial charge in [0.2, 0.25) is 9.04 Å². The number of rotatable bonds is 6. The second kappa shape index (κ2) is 7.50. The number of para-hydroxylation sites is 2. The zero-order valence-electron chi connectivity index (χ0n) is 13.7. The van der Waals surface area contributed by atoms with Crippen molar-refractivity contribution in [3.63, 3.8) is 0 Å². The fourth-order valence-corrected chi connectivity index (χ4v) is 3.54. The first-order chi connectivity index (χ1) is 11.7. The first-order valence-electron chi connectivity index (χ1n) is 8.05. The Morgan fingerprint density at radius 3 is 2.29 bits per heavy atom. The van der Waals surface area contributed by atoms with Gasteiger partial charge in [0.05, 0.1) is 11.0 Å². The number of alkyl carbamates (subject to hydrolysis) is 1. The van der Waals surface area contributed by atoms with Gasteiger partial charge in [-0.1, -0.05) is 36.4 Å². The number of nitrogens with one attached hydrogen (secondary N) is 1. The molecule has 3 rings (SSSR count). The van der Waals surface area contributed by atoms with Crippen molar-refractivity contribution >= 4 is 36.9 Å². The van der Waals surface area contributed by atoms with Crippen molar-refractivity contribution in [2.75, 3.05) is 6.54 Å². The van der Waals surface area contributed by atoms with Crippen molar-refractivity contribution in [2.45, 2.75) is 25.7 Å². The van der Waals surface area contributed by atoms with Crippen LogP contribution < -0.4 is 5.32 Å². The predicted molar refractivity (Wildman–Crippen MR) is 97.2 cm³/mol. The van der Waals surface area contributed by atoms with E-state index in [1.54, 1.807) is 0 Å². The summed E-state index contributed by atoms with van der Waals surface area (Å²) in [6, 6.07) is 17.0. The van der Waals surface area contributed by atoms with Crippen molar-refractivity contribution < 1.29 is 14.3 Å². The Bertz CT molecular complexity index is 791. The summed E-state index contributed by atoms with van der Waals surface area (Å²) in [7, 11) is -1.22. The minimum Gasteiger partial charge on any atom is -0.432 e. The Kier molecular flexibility index (Phi) is 5.17. The molecule has 5 nitrogen and oxygen atoms in total. The molecule has 2 N–H and O–H groups in total. The van der Waals surface area contributed by atoms with E-state index in [1.165, 1.54) is 0 Å². The maximum absolute atomic E-state index is 11.9. The van der Waals surface area contributed by atoms with E-state index in [1.807, 2.05) is 47.5 Å². The smallest absolute Gasteiger partial charge is 0.408 e. The van der Waals surface area contributed by atoms with Crippen LogP contribution in [0.1, 0.15) is 6.42 Å². The Hall–Kier alpha value is -2.31. The van der Waals surface area contributed by atoms with Gasteiger partial charge >= 0.3 is 6.09 Å². The standard InChI is InChI=1S/C18H21N2O3Si/c1-24(22)12-6-11-19-18(21)23-13-20-16-9-4-2-7-14(16)15-8-3-5-10-17(15)20/h2-5,7-10,22H,6,11-13H2,1H3,(H,19,21). The lowest BCUT2D eigenvalue weighted by molar-refractivity contribution is 0.117. The monoisotopic (exact) mass is 341 g/mol. The lowest BCUT2D eigenvalue weighted by atomic mass is 10.2. The third kappa shape index (κ3) is 3.60. The van der Waals surface area contributed by atoms with E-state index in [2.05, 4.69) is 17.4 Å². The van der Waals surface area contributed by atoms with Crippen LogP contribution >= 0.6 is 0 Å². The normalized spacial score (nSPS) is 11.3. The minimum absolute atomic E-state index is 0.169. The van der Waals surface area contributed by atoms with Crippen molar-refractivity contribution in [1.82, 2.24) is 9.88 Å². The third-order valence-corrected chi connectivity index (χ3v) is 5.07. The molecule has 0 aliphatic carbocycles. The molecule has 0 fully saturated rings. The Morgan fingerprint density at radius 1 is 1.12 bits per heavy atom. The van der Waals surface area contributed by atoms with Gasteiger partial charge in [0.1, 0.15) is 0 Å². The van der Waals surface area contributed by atoms with Gasteiger partial charge < -0.3 is 19.4 Å². The zero-order valence-corrected chi connectivity index (χ0v) is 14.7. The summed E-state index contributed by atoms with van der Waals surface area (Å²) in [6.45, 7) is 2.53. The molecule has 24 heavy (non-hydrogen) atoms. The number of fused-ring (bicyclic) bond motifs is 3. The number of hydrogen-bond donors (Lipinski definition) is 2. The van der Waals surface area contributed by atoms with E-state index in [0.29, 0.717) is 6.54 Å². The molecule has 0 bridgehead atoms. The number of nitrogens with zero attached hydrogens (tertiary/aromatic N) is 1. The van der Waals surface area contributed by atoms with Crippen molar-refractivity contribution in [1.29, 1.82) is 0 Å². The number of carbonyl (C=O) groups excluding carboxylic acids is 1. The molecule has 0 unspecified atom stereocenters. The Balaban J connectivity index is 1.69. The molecule has 0 atom stereocenters. The summed E-state index contributed by atoms with van der Waals surface area (Å²) in [4.78, 5) is 21.2. The molecule has 1 radical (unpaired) electrons. The number of carbonyl (C=O) groups is 1. The number of amides is 1. The highest BCUT2D eigenvalue weighted by Gasteiger charge is 2.11. The fourth-order valence-electron chi connectivity index (χ4n) is 2.85. The van der Waals surface area contributed by atoms with E-state index < -0.39 is 15.1 Å². The van der Waals surface area contributed by atoms with E-state index >= 15 is 0 Å². The lowest BCUT2D eigenvalue weighted by Gasteiger charge is -2.10. The molecule has 0 saturated carbocycles. The quantitative estimate of drug-likeness (QED) is 0.533. The minimum atomic E-state index is -1.22. The summed E-state index contributed by atoms with van der Waals surface area (Å²) in [5.74, 6) is 0. The second-order valence-electron chi connectivity index (χ2n) is 5.79. The summed E-state index contributed by atoms with van der Waals surface area (Å²) in [5.41, 5.74) is 2.09. The number of ether oxygens (including phenoxy) is 1. The number of hydrogen-bond acceptors (Lipinski definition) is 3. The van der Waals surface area contributed by atoms with Crippen molar-refractivity contribution in [3.05, 3.63) is 48.5 Å². The van der Waals surface area contributed by atoms with Gasteiger partial charge in [-0.15, -0.1) is 0 Å². The number of aromatic nitrogens is 1. The molecule has 6 heteroatoms. The Labute approximate surface area is 142 Å². The maximum atomic E-state index is 11.9. The molecule has 0 aliphatic rings. The largest absolute Gasteiger partial charge is 0.432 e. The van der Waals surface area contributed by atoms with Gasteiger partial charge in [-0.3, -0.25) is 0 Å². The molecule has 2 aromatic carbocycles. The number of benzene rings is 2. The summed E-state index contributed by atoms with van der Waals surface area (Å²) >= 11 is 0. The third-order valence-electron chi connectivity index (χ3n) is 3.99. The van der Waals surface area contributed by atoms with Gasteiger partial charge in [-0.25, -0.2) is 4.79 Å². The van der Waals surface area contributed by atoms with Gasteiger partial charge in [-0.05, 0) is 31.1 Å². The lowest BCUT2D eigenvalue weighted by Crippen LogP contribution is -2.26. The van der Waals surface area contributed by atoms with E-state index in [-0.39, 0.29) is 6.73 Å². The fraction of sp³-hybridized carbons (Fsp3) is 0.278. The van der Waals surface area contributed by atoms with Gasteiger partial charge in [0.15, 0.2) is 6.73 Å². The molecule has 0 spiro atoms. The van der Waals surface area contributed by atoms with Crippen molar-refractivity contribution in [3.8, 4) is 0 Å². The molecule has 1 heterocycles. The maximum Gasteiger partial charge on any atom is 0.408 e. The van der Waals surface area contributed by atoms with Crippen LogP contribution in [-0.4, -0.2) is 31.0 Å². The molecule has 3 aromatic rings. The summed E-state index contributed by atoms with van der Waals surface area (Å²) in [6.07, 6.45) is 0.339. The van der Waals surface area contributed by atoms with Crippen LogP contribution in [0.25, 0.3) is 21.8 Å². The van der Waals surface area contributed by atoms with E-state index in [0.717, 1.165) is 34.3 Å². The molecule has 125 valence electrons. The van der Waals surface area contributed by atoms with Crippen LogP contribution in [0.4, 0.5) is 4.79 Å². The van der Waals surface area contributed by atoms with Crippen LogP contribution in [0, 0.1) is 0 Å². The van der Waals surface area contributed by atoms with Crippen LogP contribution in [-0.2, 0) is 11.5 Å². The van der Waals surface area contributed by atoms with Crippen LogP contribution in [0.3, 0.4) is 0 Å². The first kappa shape index (κ1) is 16.5. The van der Waals surface area contributed by atoms with Gasteiger partial charge in [0, 0.05) is 17.3 Å². The van der Waals surface area contributed by atoms with Crippen LogP contribution in [0.5, 0.6) is 0 Å². The van der Waals surface area contributed by atoms with Gasteiger partial charge in [0.25, 0.3) is 0 Å². The summed E-state index contributed by atoms with van der Waals surface area (Å²) < 4.78 is 7.37. The molecule has 0 aliphatic heterocycles. The Morgan fingerprint density at radius 2 is 1.71 bits per heavy atom. The first-order valence-corrected chi connectivity index (χ1v) is 10.2. The topological polar surface area (TPSA) is 63.5 Å². The highest BCUT2D eigenvalue weighted by atomic mass is 28.3. The molecular weight excluding hydrogens is 320 g/mol. The molecular formula is C18H21N2O3Si. The van der Waals surface area contributed by atoms with Gasteiger partial charge in [-0.2, -0.15) is 0 Å². The van der Waals surface area contributed by atoms with E-state index in [9.17, 15) is 9.59 Å². The van der Waals surface area contributed by atoms with Crippen LogP contribution in [0.2, 0.25) is 12.6 Å². The highest BCUT2D eigenvalue weighted by molar-refractivity contribution is 6.48. The zero-order chi connectivity index (χ0) is 16.9. The SMILES string of the molecule is C[Si](O)CCCNC(=O)OCn1c2ccccc2c2ccccc21. The molecule has 1 aromatic heterocycles. The average Bonchev–Trinajstić information content (AvgIpc) is 2.91. The molecule has 0 saturated heterocycles. The second-order valence-corrected chi connectivity index (χ2v) is 7.76.